The number of thioether (sulfide) groups is 1. The van der Waals surface area contributed by atoms with Gasteiger partial charge in [-0.2, -0.15) is 11.8 Å². The molecule has 4 heteroatoms. The Labute approximate surface area is 101 Å². The molecule has 1 aliphatic heterocycles. The minimum Gasteiger partial charge on any atom is -0.382 e. The van der Waals surface area contributed by atoms with E-state index in [9.17, 15) is 0 Å². The molecule has 0 radical (unpaired) electrons. The van der Waals surface area contributed by atoms with Crippen LogP contribution in [0, 0.1) is 0 Å². The number of nitrogens with two attached hydrogens (primary N) is 1. The zero-order valence-electron chi connectivity index (χ0n) is 9.94. The van der Waals surface area contributed by atoms with E-state index in [2.05, 4.69) is 29.8 Å². The summed E-state index contributed by atoms with van der Waals surface area (Å²) in [7, 11) is 0. The Hall–Kier alpha value is -0.900. The first-order valence-corrected chi connectivity index (χ1v) is 6.66. The Kier molecular flexibility index (Phi) is 3.28. The Morgan fingerprint density at radius 2 is 2.25 bits per heavy atom. The highest BCUT2D eigenvalue weighted by molar-refractivity contribution is 8.00. The number of hydrogen-bond acceptors (Lipinski definition) is 4. The summed E-state index contributed by atoms with van der Waals surface area (Å²) < 4.78 is 0.381. The molecule has 2 heterocycles. The van der Waals surface area contributed by atoms with Gasteiger partial charge in [0.25, 0.3) is 0 Å². The van der Waals surface area contributed by atoms with Gasteiger partial charge in [0.05, 0.1) is 5.69 Å². The normalized spacial score (nSPS) is 20.5. The maximum atomic E-state index is 5.91. The lowest BCUT2D eigenvalue weighted by atomic mass is 10.1. The van der Waals surface area contributed by atoms with Crippen molar-refractivity contribution < 1.29 is 0 Å². The molecule has 2 rings (SSSR count). The Bertz CT molecular complexity index is 365. The molecule has 88 valence electrons. The van der Waals surface area contributed by atoms with Gasteiger partial charge in [0, 0.05) is 29.8 Å². The average Bonchev–Trinajstić information content (AvgIpc) is 2.40. The van der Waals surface area contributed by atoms with Gasteiger partial charge in [0.2, 0.25) is 0 Å². The van der Waals surface area contributed by atoms with Crippen molar-refractivity contribution in [1.82, 2.24) is 4.98 Å². The molecule has 0 bridgehead atoms. The molecule has 1 aliphatic rings. The second-order valence-corrected chi connectivity index (χ2v) is 6.56. The molecule has 3 nitrogen and oxygen atoms in total. The molecule has 2 N–H and O–H groups in total. The van der Waals surface area contributed by atoms with E-state index < -0.39 is 0 Å². The van der Waals surface area contributed by atoms with Crippen molar-refractivity contribution in [2.45, 2.75) is 25.0 Å². The van der Waals surface area contributed by atoms with Crippen LogP contribution in [-0.4, -0.2) is 28.6 Å². The molecule has 1 saturated heterocycles. The zero-order valence-corrected chi connectivity index (χ0v) is 10.8. The number of anilines is 2. The number of rotatable bonds is 1. The summed E-state index contributed by atoms with van der Waals surface area (Å²) in [6.45, 7) is 6.75. The van der Waals surface area contributed by atoms with E-state index in [0.29, 0.717) is 10.6 Å². The Morgan fingerprint density at radius 1 is 1.44 bits per heavy atom. The van der Waals surface area contributed by atoms with Crippen molar-refractivity contribution in [2.24, 2.45) is 0 Å². The third-order valence-electron chi connectivity index (χ3n) is 2.99. The first-order valence-electron chi connectivity index (χ1n) is 5.68. The fourth-order valence-corrected chi connectivity index (χ4v) is 3.04. The van der Waals surface area contributed by atoms with Crippen molar-refractivity contribution in [1.29, 1.82) is 0 Å². The first-order chi connectivity index (χ1) is 7.58. The Morgan fingerprint density at radius 3 is 3.00 bits per heavy atom. The number of hydrogen-bond donors (Lipinski definition) is 1. The van der Waals surface area contributed by atoms with Crippen LogP contribution in [0.4, 0.5) is 11.5 Å². The van der Waals surface area contributed by atoms with E-state index in [1.165, 1.54) is 6.42 Å². The molecule has 1 aromatic rings. The highest BCUT2D eigenvalue weighted by Crippen LogP contribution is 2.33. The first kappa shape index (κ1) is 11.6. The summed E-state index contributed by atoms with van der Waals surface area (Å²) in [4.78, 5) is 6.50. The SMILES string of the molecule is CC1(C)CCN(c2cccnc2N)CCS1. The lowest BCUT2D eigenvalue weighted by Crippen LogP contribution is -2.27. The second-order valence-electron chi connectivity index (χ2n) is 4.75. The molecule has 0 unspecified atom stereocenters. The molecule has 0 amide bonds. The van der Waals surface area contributed by atoms with Crippen molar-refractivity contribution in [3.8, 4) is 0 Å². The topological polar surface area (TPSA) is 42.2 Å². The third kappa shape index (κ3) is 2.61. The van der Waals surface area contributed by atoms with Gasteiger partial charge in [-0.3, -0.25) is 0 Å². The van der Waals surface area contributed by atoms with Crippen molar-refractivity contribution in [3.63, 3.8) is 0 Å². The largest absolute Gasteiger partial charge is 0.382 e. The van der Waals surface area contributed by atoms with Gasteiger partial charge in [-0.1, -0.05) is 13.8 Å². The summed E-state index contributed by atoms with van der Waals surface area (Å²) in [6.07, 6.45) is 2.93. The van der Waals surface area contributed by atoms with Crippen LogP contribution < -0.4 is 10.6 Å². The molecular formula is C12H19N3S. The fourth-order valence-electron chi connectivity index (χ4n) is 1.94. The van der Waals surface area contributed by atoms with Gasteiger partial charge in [-0.25, -0.2) is 4.98 Å². The van der Waals surface area contributed by atoms with E-state index in [1.54, 1.807) is 6.20 Å². The van der Waals surface area contributed by atoms with Gasteiger partial charge >= 0.3 is 0 Å². The monoisotopic (exact) mass is 237 g/mol. The number of aromatic nitrogens is 1. The highest BCUT2D eigenvalue weighted by atomic mass is 32.2. The van der Waals surface area contributed by atoms with E-state index in [4.69, 9.17) is 5.73 Å². The predicted octanol–water partition coefficient (Wildman–Crippen LogP) is 2.39. The van der Waals surface area contributed by atoms with Crippen molar-refractivity contribution in [2.75, 3.05) is 29.5 Å². The van der Waals surface area contributed by atoms with Crippen molar-refractivity contribution >= 4 is 23.3 Å². The van der Waals surface area contributed by atoms with Crippen LogP contribution in [0.1, 0.15) is 20.3 Å². The molecule has 0 aromatic carbocycles. The number of nitrogens with zero attached hydrogens (tertiary/aromatic N) is 2. The maximum absolute atomic E-state index is 5.91. The van der Waals surface area contributed by atoms with E-state index in [-0.39, 0.29) is 0 Å². The van der Waals surface area contributed by atoms with Crippen LogP contribution in [0.15, 0.2) is 18.3 Å². The summed E-state index contributed by atoms with van der Waals surface area (Å²) >= 11 is 2.04. The lowest BCUT2D eigenvalue weighted by molar-refractivity contribution is 0.638. The molecule has 0 saturated carbocycles. The van der Waals surface area contributed by atoms with Crippen LogP contribution in [0.3, 0.4) is 0 Å². The molecule has 1 fully saturated rings. The summed E-state index contributed by atoms with van der Waals surface area (Å²) in [5.41, 5.74) is 6.99. The van der Waals surface area contributed by atoms with Crippen LogP contribution >= 0.6 is 11.8 Å². The minimum atomic E-state index is 0.381. The quantitative estimate of drug-likeness (QED) is 0.814. The summed E-state index contributed by atoms with van der Waals surface area (Å²) in [6, 6.07) is 4.01. The van der Waals surface area contributed by atoms with E-state index >= 15 is 0 Å². The smallest absolute Gasteiger partial charge is 0.146 e. The van der Waals surface area contributed by atoms with Crippen LogP contribution in [0.2, 0.25) is 0 Å². The third-order valence-corrected chi connectivity index (χ3v) is 4.37. The molecule has 16 heavy (non-hydrogen) atoms. The van der Waals surface area contributed by atoms with Crippen LogP contribution in [0.5, 0.6) is 0 Å². The summed E-state index contributed by atoms with van der Waals surface area (Å²) in [5.74, 6) is 1.80. The Balaban J connectivity index is 2.14. The standard InChI is InChI=1S/C12H19N3S/c1-12(2)5-7-15(8-9-16-12)10-4-3-6-14-11(10)13/h3-4,6H,5,7-9H2,1-2H3,(H2,13,14). The molecule has 1 aromatic heterocycles. The predicted molar refractivity (Wildman–Crippen MR) is 72.0 cm³/mol. The average molecular weight is 237 g/mol. The summed E-state index contributed by atoms with van der Waals surface area (Å²) in [5, 5.41) is 0. The number of pyridine rings is 1. The fraction of sp³-hybridized carbons (Fsp3) is 0.583. The van der Waals surface area contributed by atoms with Crippen LogP contribution in [-0.2, 0) is 0 Å². The molecule has 0 spiro atoms. The van der Waals surface area contributed by atoms with Gasteiger partial charge in [0.15, 0.2) is 0 Å². The lowest BCUT2D eigenvalue weighted by Gasteiger charge is -2.24. The second kappa shape index (κ2) is 4.53. The van der Waals surface area contributed by atoms with E-state index in [0.717, 1.165) is 24.5 Å². The minimum absolute atomic E-state index is 0.381. The molecule has 0 atom stereocenters. The zero-order chi connectivity index (χ0) is 11.6. The van der Waals surface area contributed by atoms with Gasteiger partial charge in [0.1, 0.15) is 5.82 Å². The molecular weight excluding hydrogens is 218 g/mol. The van der Waals surface area contributed by atoms with Crippen molar-refractivity contribution in [3.05, 3.63) is 18.3 Å². The highest BCUT2D eigenvalue weighted by Gasteiger charge is 2.24. The van der Waals surface area contributed by atoms with Gasteiger partial charge in [-0.15, -0.1) is 0 Å². The number of nitrogen functional groups attached to an aromatic ring is 1. The maximum Gasteiger partial charge on any atom is 0.146 e. The molecule has 0 aliphatic carbocycles. The van der Waals surface area contributed by atoms with E-state index in [1.807, 2.05) is 17.8 Å². The van der Waals surface area contributed by atoms with Gasteiger partial charge in [-0.05, 0) is 18.6 Å². The van der Waals surface area contributed by atoms with Gasteiger partial charge < -0.3 is 10.6 Å². The van der Waals surface area contributed by atoms with Crippen LogP contribution in [0.25, 0.3) is 0 Å².